The quantitative estimate of drug-likeness (QED) is 0.782. The Hall–Kier alpha value is -0.640. The van der Waals surface area contributed by atoms with Crippen LogP contribution in [-0.2, 0) is 10.3 Å². The van der Waals surface area contributed by atoms with E-state index in [1.807, 2.05) is 19.9 Å². The van der Waals surface area contributed by atoms with Gasteiger partial charge in [-0.25, -0.2) is 4.98 Å². The van der Waals surface area contributed by atoms with E-state index < -0.39 is 5.60 Å². The molecule has 78 valence electrons. The molecule has 0 fully saturated rings. The van der Waals surface area contributed by atoms with Crippen LogP contribution in [0.1, 0.15) is 18.2 Å². The number of hydrogen-bond acceptors (Lipinski definition) is 3. The lowest BCUT2D eigenvalue weighted by Gasteiger charge is -2.27. The third kappa shape index (κ3) is 2.23. The summed E-state index contributed by atoms with van der Waals surface area (Å²) in [4.78, 5) is 4.09. The van der Waals surface area contributed by atoms with Crippen molar-refractivity contribution in [2.45, 2.75) is 19.4 Å². The number of hydrogen-bond donors (Lipinski definition) is 1. The van der Waals surface area contributed by atoms with Gasteiger partial charge in [-0.2, -0.15) is 0 Å². The number of pyridine rings is 1. The summed E-state index contributed by atoms with van der Waals surface area (Å²) in [6.07, 6.45) is 0. The molecular formula is C10H15ClN2O. The largest absolute Gasteiger partial charge is 0.372 e. The van der Waals surface area contributed by atoms with Gasteiger partial charge in [0.2, 0.25) is 0 Å². The average Bonchev–Trinajstić information content (AvgIpc) is 2.15. The minimum absolute atomic E-state index is 0.406. The summed E-state index contributed by atoms with van der Waals surface area (Å²) in [5.74, 6) is 0. The second-order valence-electron chi connectivity index (χ2n) is 3.46. The highest BCUT2D eigenvalue weighted by Gasteiger charge is 2.24. The fourth-order valence-corrected chi connectivity index (χ4v) is 1.50. The lowest BCUT2D eigenvalue weighted by Crippen LogP contribution is -2.33. The van der Waals surface area contributed by atoms with Crippen molar-refractivity contribution in [3.8, 4) is 0 Å². The highest BCUT2D eigenvalue weighted by molar-refractivity contribution is 6.29. The number of nitrogens with two attached hydrogens (primary N) is 1. The van der Waals surface area contributed by atoms with Gasteiger partial charge in [-0.3, -0.25) is 0 Å². The zero-order chi connectivity index (χ0) is 10.8. The summed E-state index contributed by atoms with van der Waals surface area (Å²) in [6, 6.07) is 3.72. The van der Waals surface area contributed by atoms with Gasteiger partial charge in [0.15, 0.2) is 0 Å². The summed E-state index contributed by atoms with van der Waals surface area (Å²) in [7, 11) is 1.64. The van der Waals surface area contributed by atoms with Gasteiger partial charge in [-0.1, -0.05) is 11.6 Å². The van der Waals surface area contributed by atoms with Crippen LogP contribution < -0.4 is 5.73 Å². The van der Waals surface area contributed by atoms with Crippen molar-refractivity contribution < 1.29 is 4.74 Å². The molecule has 1 unspecified atom stereocenters. The van der Waals surface area contributed by atoms with E-state index in [1.54, 1.807) is 13.2 Å². The molecule has 4 heteroatoms. The molecule has 3 nitrogen and oxygen atoms in total. The number of rotatable bonds is 3. The van der Waals surface area contributed by atoms with Crippen LogP contribution >= 0.6 is 11.6 Å². The van der Waals surface area contributed by atoms with Crippen molar-refractivity contribution in [3.05, 3.63) is 28.5 Å². The van der Waals surface area contributed by atoms with Crippen LogP contribution in [0.4, 0.5) is 0 Å². The molecule has 0 aliphatic heterocycles. The molecule has 0 amide bonds. The Kier molecular flexibility index (Phi) is 3.48. The Bertz CT molecular complexity index is 304. The third-order valence-electron chi connectivity index (χ3n) is 2.37. The van der Waals surface area contributed by atoms with Crippen LogP contribution in [0.25, 0.3) is 0 Å². The molecule has 1 rings (SSSR count). The number of halogens is 1. The van der Waals surface area contributed by atoms with Gasteiger partial charge in [0, 0.05) is 19.3 Å². The summed E-state index contributed by atoms with van der Waals surface area (Å²) in [5.41, 5.74) is 7.00. The molecule has 1 atom stereocenters. The molecule has 0 radical (unpaired) electrons. The standard InChI is InChI=1S/C10H15ClN2O/c1-7-4-8(5-9(11)13-7)10(2,6-12)14-3/h4-5H,6,12H2,1-3H3. The first kappa shape index (κ1) is 11.4. The van der Waals surface area contributed by atoms with Crippen LogP contribution in [0.5, 0.6) is 0 Å². The molecule has 0 aliphatic rings. The molecule has 2 N–H and O–H groups in total. The third-order valence-corrected chi connectivity index (χ3v) is 2.57. The predicted molar refractivity (Wildman–Crippen MR) is 57.4 cm³/mol. The van der Waals surface area contributed by atoms with Gasteiger partial charge >= 0.3 is 0 Å². The average molecular weight is 215 g/mol. The smallest absolute Gasteiger partial charge is 0.129 e. The topological polar surface area (TPSA) is 48.1 Å². The zero-order valence-electron chi connectivity index (χ0n) is 8.67. The van der Waals surface area contributed by atoms with Gasteiger partial charge in [0.1, 0.15) is 10.8 Å². The number of methoxy groups -OCH3 is 1. The van der Waals surface area contributed by atoms with E-state index in [0.29, 0.717) is 11.7 Å². The van der Waals surface area contributed by atoms with Crippen molar-refractivity contribution in [3.63, 3.8) is 0 Å². The number of nitrogens with zero attached hydrogens (tertiary/aromatic N) is 1. The highest BCUT2D eigenvalue weighted by atomic mass is 35.5. The molecule has 14 heavy (non-hydrogen) atoms. The van der Waals surface area contributed by atoms with E-state index in [1.165, 1.54) is 0 Å². The zero-order valence-corrected chi connectivity index (χ0v) is 9.43. The summed E-state index contributed by atoms with van der Waals surface area (Å²) in [6.45, 7) is 4.23. The number of aromatic nitrogens is 1. The van der Waals surface area contributed by atoms with Crippen molar-refractivity contribution >= 4 is 11.6 Å². The van der Waals surface area contributed by atoms with Gasteiger partial charge in [0.25, 0.3) is 0 Å². The molecule has 0 aromatic carbocycles. The molecule has 0 spiro atoms. The molecule has 0 aliphatic carbocycles. The van der Waals surface area contributed by atoms with Crippen molar-refractivity contribution in [2.75, 3.05) is 13.7 Å². The first-order valence-electron chi connectivity index (χ1n) is 4.42. The van der Waals surface area contributed by atoms with Crippen LogP contribution in [0.2, 0.25) is 5.15 Å². The van der Waals surface area contributed by atoms with Gasteiger partial charge in [-0.15, -0.1) is 0 Å². The molecule has 0 saturated heterocycles. The van der Waals surface area contributed by atoms with E-state index in [-0.39, 0.29) is 0 Å². The fraction of sp³-hybridized carbons (Fsp3) is 0.500. The number of aryl methyl sites for hydroxylation is 1. The Morgan fingerprint density at radius 2 is 2.21 bits per heavy atom. The summed E-state index contributed by atoms with van der Waals surface area (Å²) in [5, 5.41) is 0.469. The normalized spacial score (nSPS) is 15.2. The highest BCUT2D eigenvalue weighted by Crippen LogP contribution is 2.25. The fourth-order valence-electron chi connectivity index (χ4n) is 1.25. The maximum Gasteiger partial charge on any atom is 0.129 e. The van der Waals surface area contributed by atoms with Crippen LogP contribution in [0, 0.1) is 6.92 Å². The Morgan fingerprint density at radius 1 is 1.57 bits per heavy atom. The second-order valence-corrected chi connectivity index (χ2v) is 3.85. The molecular weight excluding hydrogens is 200 g/mol. The van der Waals surface area contributed by atoms with Crippen LogP contribution in [0.15, 0.2) is 12.1 Å². The Balaban J connectivity index is 3.17. The minimum Gasteiger partial charge on any atom is -0.372 e. The molecule has 0 bridgehead atoms. The number of ether oxygens (including phenoxy) is 1. The monoisotopic (exact) mass is 214 g/mol. The molecule has 0 saturated carbocycles. The van der Waals surface area contributed by atoms with Gasteiger partial charge < -0.3 is 10.5 Å². The molecule has 1 aromatic rings. The lowest BCUT2D eigenvalue weighted by molar-refractivity contribution is 0.00996. The van der Waals surface area contributed by atoms with E-state index in [4.69, 9.17) is 22.1 Å². The van der Waals surface area contributed by atoms with Crippen molar-refractivity contribution in [1.29, 1.82) is 0 Å². The maximum absolute atomic E-state index is 5.86. The van der Waals surface area contributed by atoms with E-state index in [2.05, 4.69) is 4.98 Å². The molecule has 1 heterocycles. The SMILES string of the molecule is COC(C)(CN)c1cc(C)nc(Cl)c1. The van der Waals surface area contributed by atoms with E-state index >= 15 is 0 Å². The van der Waals surface area contributed by atoms with Crippen LogP contribution in [-0.4, -0.2) is 18.6 Å². The van der Waals surface area contributed by atoms with Gasteiger partial charge in [0.05, 0.1) is 0 Å². The van der Waals surface area contributed by atoms with Crippen molar-refractivity contribution in [2.24, 2.45) is 5.73 Å². The predicted octanol–water partition coefficient (Wildman–Crippen LogP) is 1.86. The summed E-state index contributed by atoms with van der Waals surface area (Å²) < 4.78 is 5.37. The Labute approximate surface area is 89.2 Å². The minimum atomic E-state index is -0.489. The lowest BCUT2D eigenvalue weighted by atomic mass is 9.96. The summed E-state index contributed by atoms with van der Waals surface area (Å²) >= 11 is 5.86. The van der Waals surface area contributed by atoms with Gasteiger partial charge in [-0.05, 0) is 31.5 Å². The Morgan fingerprint density at radius 3 is 2.64 bits per heavy atom. The van der Waals surface area contributed by atoms with E-state index in [9.17, 15) is 0 Å². The van der Waals surface area contributed by atoms with Crippen LogP contribution in [0.3, 0.4) is 0 Å². The van der Waals surface area contributed by atoms with E-state index in [0.717, 1.165) is 11.3 Å². The first-order valence-corrected chi connectivity index (χ1v) is 4.79. The molecule has 1 aromatic heterocycles. The first-order chi connectivity index (χ1) is 6.51. The maximum atomic E-state index is 5.86. The van der Waals surface area contributed by atoms with Crippen molar-refractivity contribution in [1.82, 2.24) is 4.98 Å². The second kappa shape index (κ2) is 4.26.